The summed E-state index contributed by atoms with van der Waals surface area (Å²) in [4.78, 5) is 16.6. The molecule has 0 aliphatic carbocycles. The van der Waals surface area contributed by atoms with E-state index in [1.165, 1.54) is 0 Å². The lowest BCUT2D eigenvalue weighted by atomic mass is 10.1. The van der Waals surface area contributed by atoms with Crippen LogP contribution in [0.15, 0.2) is 71.1 Å². The SMILES string of the molecule is Cc1c(NC(=S)NC(=O)COc2ccccc2)cccc1-c1nc2cc(Cl)ccc2o1. The number of rotatable bonds is 5. The number of benzene rings is 3. The van der Waals surface area contributed by atoms with Crippen LogP contribution in [0.3, 0.4) is 0 Å². The largest absolute Gasteiger partial charge is 0.484 e. The Morgan fingerprint density at radius 3 is 2.74 bits per heavy atom. The van der Waals surface area contributed by atoms with Crippen molar-refractivity contribution in [2.24, 2.45) is 0 Å². The van der Waals surface area contributed by atoms with Crippen molar-refractivity contribution in [3.8, 4) is 17.2 Å². The van der Waals surface area contributed by atoms with Crippen LogP contribution >= 0.6 is 23.8 Å². The highest BCUT2D eigenvalue weighted by molar-refractivity contribution is 7.80. The molecule has 3 aromatic carbocycles. The Morgan fingerprint density at radius 1 is 1.13 bits per heavy atom. The van der Waals surface area contributed by atoms with Crippen LogP contribution in [0.4, 0.5) is 5.69 Å². The number of amides is 1. The number of aromatic nitrogens is 1. The Morgan fingerprint density at radius 2 is 1.94 bits per heavy atom. The fraction of sp³-hybridized carbons (Fsp3) is 0.0870. The van der Waals surface area contributed by atoms with Gasteiger partial charge in [-0.15, -0.1) is 0 Å². The highest BCUT2D eigenvalue weighted by Crippen LogP contribution is 2.31. The Kier molecular flexibility index (Phi) is 6.16. The van der Waals surface area contributed by atoms with E-state index < -0.39 is 0 Å². The van der Waals surface area contributed by atoms with E-state index in [9.17, 15) is 4.79 Å². The number of carbonyl (C=O) groups excluding carboxylic acids is 1. The molecular weight excluding hydrogens is 434 g/mol. The van der Waals surface area contributed by atoms with Crippen molar-refractivity contribution in [1.82, 2.24) is 10.3 Å². The first-order chi connectivity index (χ1) is 15.0. The van der Waals surface area contributed by atoms with Crippen LogP contribution in [-0.4, -0.2) is 22.6 Å². The molecule has 4 aromatic rings. The van der Waals surface area contributed by atoms with Gasteiger partial charge in [-0.2, -0.15) is 0 Å². The van der Waals surface area contributed by atoms with Crippen molar-refractivity contribution in [3.63, 3.8) is 0 Å². The van der Waals surface area contributed by atoms with Crippen LogP contribution in [0.2, 0.25) is 5.02 Å². The molecule has 0 radical (unpaired) electrons. The molecule has 6 nitrogen and oxygen atoms in total. The zero-order valence-corrected chi connectivity index (χ0v) is 18.1. The van der Waals surface area contributed by atoms with Crippen LogP contribution in [0.1, 0.15) is 5.56 Å². The highest BCUT2D eigenvalue weighted by atomic mass is 35.5. The van der Waals surface area contributed by atoms with E-state index in [0.29, 0.717) is 27.8 Å². The molecule has 1 amide bonds. The molecular formula is C23H18ClN3O3S. The number of halogens is 1. The number of hydrogen-bond acceptors (Lipinski definition) is 5. The molecule has 0 atom stereocenters. The van der Waals surface area contributed by atoms with Crippen molar-refractivity contribution >= 4 is 51.6 Å². The lowest BCUT2D eigenvalue weighted by molar-refractivity contribution is -0.121. The van der Waals surface area contributed by atoms with Crippen molar-refractivity contribution in [3.05, 3.63) is 77.3 Å². The van der Waals surface area contributed by atoms with Gasteiger partial charge < -0.3 is 14.5 Å². The third kappa shape index (κ3) is 5.02. The minimum Gasteiger partial charge on any atom is -0.484 e. The molecule has 1 aromatic heterocycles. The second kappa shape index (κ2) is 9.16. The topological polar surface area (TPSA) is 76.4 Å². The summed E-state index contributed by atoms with van der Waals surface area (Å²) in [6, 6.07) is 20.0. The number of para-hydroxylation sites is 1. The van der Waals surface area contributed by atoms with Crippen molar-refractivity contribution in [1.29, 1.82) is 0 Å². The van der Waals surface area contributed by atoms with Crippen LogP contribution in [0, 0.1) is 6.92 Å². The van der Waals surface area contributed by atoms with E-state index in [1.54, 1.807) is 30.3 Å². The van der Waals surface area contributed by atoms with Crippen LogP contribution < -0.4 is 15.4 Å². The molecule has 0 aliphatic heterocycles. The van der Waals surface area contributed by atoms with E-state index in [0.717, 1.165) is 16.8 Å². The predicted molar refractivity (Wildman–Crippen MR) is 125 cm³/mol. The lowest BCUT2D eigenvalue weighted by Crippen LogP contribution is -2.37. The van der Waals surface area contributed by atoms with Crippen molar-refractivity contribution in [2.45, 2.75) is 6.92 Å². The lowest BCUT2D eigenvalue weighted by Gasteiger charge is -2.13. The number of anilines is 1. The average Bonchev–Trinajstić information content (AvgIpc) is 3.17. The van der Waals surface area contributed by atoms with E-state index >= 15 is 0 Å². The molecule has 0 aliphatic rings. The number of thiocarbonyl (C=S) groups is 1. The Bertz CT molecular complexity index is 1260. The first kappa shape index (κ1) is 20.8. The van der Waals surface area contributed by atoms with E-state index in [2.05, 4.69) is 15.6 Å². The van der Waals surface area contributed by atoms with Gasteiger partial charge in [-0.1, -0.05) is 35.9 Å². The van der Waals surface area contributed by atoms with Gasteiger partial charge in [-0.05, 0) is 67.2 Å². The van der Waals surface area contributed by atoms with Gasteiger partial charge in [-0.25, -0.2) is 4.98 Å². The molecule has 0 unspecified atom stereocenters. The van der Waals surface area contributed by atoms with Crippen molar-refractivity contribution in [2.75, 3.05) is 11.9 Å². The number of ether oxygens (including phenoxy) is 1. The third-order valence-electron chi connectivity index (χ3n) is 4.53. The molecule has 156 valence electrons. The molecule has 0 fully saturated rings. The van der Waals surface area contributed by atoms with Gasteiger partial charge in [-0.3, -0.25) is 10.1 Å². The number of hydrogen-bond donors (Lipinski definition) is 2. The quantitative estimate of drug-likeness (QED) is 0.398. The first-order valence-electron chi connectivity index (χ1n) is 9.44. The predicted octanol–water partition coefficient (Wildman–Crippen LogP) is 5.35. The maximum atomic E-state index is 12.1. The van der Waals surface area contributed by atoms with Gasteiger partial charge in [0.15, 0.2) is 17.3 Å². The maximum absolute atomic E-state index is 12.1. The highest BCUT2D eigenvalue weighted by Gasteiger charge is 2.14. The maximum Gasteiger partial charge on any atom is 0.264 e. The molecule has 1 heterocycles. The van der Waals surface area contributed by atoms with Crippen LogP contribution in [0.25, 0.3) is 22.6 Å². The van der Waals surface area contributed by atoms with Crippen LogP contribution in [0.5, 0.6) is 5.75 Å². The molecule has 0 spiro atoms. The summed E-state index contributed by atoms with van der Waals surface area (Å²) in [5.74, 6) is 0.732. The Labute approximate surface area is 189 Å². The summed E-state index contributed by atoms with van der Waals surface area (Å²) in [5.41, 5.74) is 3.74. The number of carbonyl (C=O) groups is 1. The standard InChI is InChI=1S/C23H18ClN3O3S/c1-14-17(22-25-19-12-15(24)10-11-20(19)30-22)8-5-9-18(14)26-23(31)27-21(28)13-29-16-6-3-2-4-7-16/h2-12H,13H2,1H3,(H2,26,27,28,31). The van der Waals surface area contributed by atoms with Gasteiger partial charge in [0.05, 0.1) is 0 Å². The van der Waals surface area contributed by atoms with Gasteiger partial charge in [0.2, 0.25) is 5.89 Å². The minimum absolute atomic E-state index is 0.143. The molecule has 2 N–H and O–H groups in total. The Balaban J connectivity index is 1.43. The summed E-state index contributed by atoms with van der Waals surface area (Å²) in [7, 11) is 0. The summed E-state index contributed by atoms with van der Waals surface area (Å²) in [6.07, 6.45) is 0. The number of fused-ring (bicyclic) bond motifs is 1. The third-order valence-corrected chi connectivity index (χ3v) is 4.97. The molecule has 8 heteroatoms. The number of oxazole rings is 1. The summed E-state index contributed by atoms with van der Waals surface area (Å²) in [6.45, 7) is 1.78. The zero-order valence-electron chi connectivity index (χ0n) is 16.5. The molecule has 0 bridgehead atoms. The monoisotopic (exact) mass is 451 g/mol. The molecule has 0 saturated carbocycles. The average molecular weight is 452 g/mol. The summed E-state index contributed by atoms with van der Waals surface area (Å²) >= 11 is 11.3. The van der Waals surface area contributed by atoms with Gasteiger partial charge in [0, 0.05) is 16.3 Å². The van der Waals surface area contributed by atoms with Crippen LogP contribution in [-0.2, 0) is 4.79 Å². The molecule has 31 heavy (non-hydrogen) atoms. The Hall–Kier alpha value is -3.42. The number of nitrogens with one attached hydrogen (secondary N) is 2. The second-order valence-corrected chi connectivity index (χ2v) is 7.56. The fourth-order valence-electron chi connectivity index (χ4n) is 3.00. The first-order valence-corrected chi connectivity index (χ1v) is 10.2. The van der Waals surface area contributed by atoms with E-state index in [1.807, 2.05) is 43.3 Å². The number of nitrogens with zero attached hydrogens (tertiary/aromatic N) is 1. The summed E-state index contributed by atoms with van der Waals surface area (Å²) in [5, 5.41) is 6.43. The minimum atomic E-state index is -0.356. The van der Waals surface area contributed by atoms with Gasteiger partial charge >= 0.3 is 0 Å². The van der Waals surface area contributed by atoms with E-state index in [-0.39, 0.29) is 17.6 Å². The summed E-state index contributed by atoms with van der Waals surface area (Å²) < 4.78 is 11.3. The van der Waals surface area contributed by atoms with Gasteiger partial charge in [0.1, 0.15) is 11.3 Å². The van der Waals surface area contributed by atoms with E-state index in [4.69, 9.17) is 33.0 Å². The van der Waals surface area contributed by atoms with Crippen molar-refractivity contribution < 1.29 is 13.9 Å². The zero-order chi connectivity index (χ0) is 21.8. The molecule has 0 saturated heterocycles. The molecule has 4 rings (SSSR count). The fourth-order valence-corrected chi connectivity index (χ4v) is 3.39. The normalized spacial score (nSPS) is 10.6. The van der Waals surface area contributed by atoms with Gasteiger partial charge in [0.25, 0.3) is 5.91 Å². The second-order valence-electron chi connectivity index (χ2n) is 6.71. The smallest absolute Gasteiger partial charge is 0.264 e.